The van der Waals surface area contributed by atoms with Crippen LogP contribution < -0.4 is 5.84 Å². The molecule has 4 rings (SSSR count). The lowest BCUT2D eigenvalue weighted by Crippen LogP contribution is -2.14. The minimum atomic E-state index is -0.189. The summed E-state index contributed by atoms with van der Waals surface area (Å²) >= 11 is 0. The van der Waals surface area contributed by atoms with E-state index >= 15 is 0 Å². The topological polar surface area (TPSA) is 118 Å². The molecular weight excluding hydrogens is 366 g/mol. The summed E-state index contributed by atoms with van der Waals surface area (Å²) < 4.78 is 0. The first-order valence-corrected chi connectivity index (χ1v) is 8.83. The van der Waals surface area contributed by atoms with Crippen molar-refractivity contribution >= 4 is 5.71 Å². The van der Waals surface area contributed by atoms with E-state index in [2.05, 4.69) is 20.3 Å². The lowest BCUT2D eigenvalue weighted by molar-refractivity contribution is 0.450. The number of benzene rings is 3. The maximum atomic E-state index is 10.2. The highest BCUT2D eigenvalue weighted by atomic mass is 16.3. The Morgan fingerprint density at radius 2 is 1.38 bits per heavy atom. The SMILES string of the molecule is N/N=C(/c1nnc(-c2ccccc2)c(-c2ccccc2)n1)c1ccc(O)cc1O. The van der Waals surface area contributed by atoms with Gasteiger partial charge in [-0.25, -0.2) is 4.98 Å². The number of nitrogens with zero attached hydrogens (tertiary/aromatic N) is 4. The second kappa shape index (κ2) is 7.77. The lowest BCUT2D eigenvalue weighted by Gasteiger charge is -2.11. The van der Waals surface area contributed by atoms with Crippen LogP contribution in [0.1, 0.15) is 11.4 Å². The van der Waals surface area contributed by atoms with Crippen molar-refractivity contribution in [1.82, 2.24) is 15.2 Å². The highest BCUT2D eigenvalue weighted by molar-refractivity contribution is 6.12. The maximum Gasteiger partial charge on any atom is 0.203 e. The molecule has 7 heteroatoms. The van der Waals surface area contributed by atoms with E-state index < -0.39 is 0 Å². The van der Waals surface area contributed by atoms with Crippen LogP contribution in [0, 0.1) is 0 Å². The predicted molar refractivity (Wildman–Crippen MR) is 110 cm³/mol. The molecule has 4 aromatic rings. The van der Waals surface area contributed by atoms with Gasteiger partial charge in [-0.15, -0.1) is 10.2 Å². The molecule has 0 radical (unpaired) electrons. The Kier molecular flexibility index (Phi) is 4.86. The van der Waals surface area contributed by atoms with E-state index in [1.807, 2.05) is 60.7 Å². The first-order valence-electron chi connectivity index (χ1n) is 8.83. The van der Waals surface area contributed by atoms with Crippen molar-refractivity contribution in [2.45, 2.75) is 0 Å². The molecule has 1 heterocycles. The van der Waals surface area contributed by atoms with Gasteiger partial charge in [0.15, 0.2) is 0 Å². The maximum absolute atomic E-state index is 10.2. The average molecular weight is 383 g/mol. The van der Waals surface area contributed by atoms with Gasteiger partial charge in [-0.2, -0.15) is 5.10 Å². The zero-order valence-corrected chi connectivity index (χ0v) is 15.3. The summed E-state index contributed by atoms with van der Waals surface area (Å²) in [4.78, 5) is 4.67. The van der Waals surface area contributed by atoms with Crippen LogP contribution in [0.3, 0.4) is 0 Å². The van der Waals surface area contributed by atoms with Crippen LogP contribution in [0.15, 0.2) is 84.0 Å². The number of aromatic nitrogens is 3. The molecule has 142 valence electrons. The molecule has 0 fully saturated rings. The third-order valence-electron chi connectivity index (χ3n) is 4.36. The van der Waals surface area contributed by atoms with Crippen molar-refractivity contribution in [2.75, 3.05) is 0 Å². The molecule has 0 unspecified atom stereocenters. The number of phenolic OH excluding ortho intramolecular Hbond substituents is 2. The Balaban J connectivity index is 1.90. The number of aromatic hydroxyl groups is 2. The molecular formula is C22H17N5O2. The monoisotopic (exact) mass is 383 g/mol. The molecule has 3 aromatic carbocycles. The second-order valence-electron chi connectivity index (χ2n) is 6.24. The summed E-state index contributed by atoms with van der Waals surface area (Å²) in [5.41, 5.74) is 3.41. The molecule has 29 heavy (non-hydrogen) atoms. The summed E-state index contributed by atoms with van der Waals surface area (Å²) in [5, 5.41) is 32.1. The van der Waals surface area contributed by atoms with Gasteiger partial charge in [-0.3, -0.25) is 0 Å². The Bertz CT molecular complexity index is 1180. The fourth-order valence-electron chi connectivity index (χ4n) is 2.98. The van der Waals surface area contributed by atoms with Crippen molar-refractivity contribution in [3.63, 3.8) is 0 Å². The average Bonchev–Trinajstić information content (AvgIpc) is 2.77. The summed E-state index contributed by atoms with van der Waals surface area (Å²) in [6, 6.07) is 23.3. The van der Waals surface area contributed by atoms with Gasteiger partial charge >= 0.3 is 0 Å². The highest BCUT2D eigenvalue weighted by Crippen LogP contribution is 2.29. The molecule has 0 aliphatic carbocycles. The molecule has 1 aromatic heterocycles. The van der Waals surface area contributed by atoms with Crippen LogP contribution >= 0.6 is 0 Å². The van der Waals surface area contributed by atoms with E-state index in [4.69, 9.17) is 5.84 Å². The summed E-state index contributed by atoms with van der Waals surface area (Å²) in [6.07, 6.45) is 0. The first kappa shape index (κ1) is 18.1. The van der Waals surface area contributed by atoms with Crippen LogP contribution in [-0.2, 0) is 0 Å². The fourth-order valence-corrected chi connectivity index (χ4v) is 2.98. The van der Waals surface area contributed by atoms with E-state index in [-0.39, 0.29) is 23.0 Å². The standard InChI is InChI=1S/C22H17N5O2/c23-25-21(17-12-11-16(28)13-18(17)29)22-24-19(14-7-3-1-4-8-14)20(26-27-22)15-9-5-2-6-10-15/h1-13,28-29H,23H2/b25-21+. The molecule has 0 aliphatic heterocycles. The largest absolute Gasteiger partial charge is 0.508 e. The number of phenols is 2. The minimum Gasteiger partial charge on any atom is -0.508 e. The van der Waals surface area contributed by atoms with Gasteiger partial charge < -0.3 is 16.1 Å². The van der Waals surface area contributed by atoms with Crippen LogP contribution in [0.4, 0.5) is 0 Å². The Labute approximate surface area is 166 Å². The number of nitrogens with two attached hydrogens (primary N) is 1. The third-order valence-corrected chi connectivity index (χ3v) is 4.36. The van der Waals surface area contributed by atoms with Gasteiger partial charge in [0.1, 0.15) is 28.6 Å². The van der Waals surface area contributed by atoms with Crippen molar-refractivity contribution in [3.8, 4) is 34.0 Å². The molecule has 0 spiro atoms. The smallest absolute Gasteiger partial charge is 0.203 e. The normalized spacial score (nSPS) is 11.4. The van der Waals surface area contributed by atoms with Crippen molar-refractivity contribution < 1.29 is 10.2 Å². The fraction of sp³-hybridized carbons (Fsp3) is 0. The zero-order chi connectivity index (χ0) is 20.2. The van der Waals surface area contributed by atoms with Gasteiger partial charge in [0.2, 0.25) is 5.82 Å². The predicted octanol–water partition coefficient (Wildman–Crippen LogP) is 3.33. The molecule has 0 aliphatic rings. The lowest BCUT2D eigenvalue weighted by atomic mass is 10.0. The molecule has 0 saturated carbocycles. The minimum absolute atomic E-state index is 0.0777. The van der Waals surface area contributed by atoms with E-state index in [0.717, 1.165) is 11.1 Å². The van der Waals surface area contributed by atoms with Crippen molar-refractivity contribution in [2.24, 2.45) is 10.9 Å². The van der Waals surface area contributed by atoms with Crippen molar-refractivity contribution in [1.29, 1.82) is 0 Å². The van der Waals surface area contributed by atoms with E-state index in [1.54, 1.807) is 0 Å². The molecule has 0 atom stereocenters. The molecule has 7 nitrogen and oxygen atoms in total. The summed E-state index contributed by atoms with van der Waals surface area (Å²) in [7, 11) is 0. The molecule has 0 amide bonds. The number of hydrazone groups is 1. The Hall–Kier alpha value is -4.26. The second-order valence-corrected chi connectivity index (χ2v) is 6.24. The molecule has 0 bridgehead atoms. The first-order chi connectivity index (χ1) is 14.2. The van der Waals surface area contributed by atoms with E-state index in [1.165, 1.54) is 18.2 Å². The van der Waals surface area contributed by atoms with E-state index in [0.29, 0.717) is 17.0 Å². The van der Waals surface area contributed by atoms with Crippen LogP contribution in [0.25, 0.3) is 22.5 Å². The van der Waals surface area contributed by atoms with Gasteiger partial charge in [-0.05, 0) is 12.1 Å². The van der Waals surface area contributed by atoms with Gasteiger partial charge in [0.25, 0.3) is 0 Å². The van der Waals surface area contributed by atoms with Crippen LogP contribution in [-0.4, -0.2) is 31.1 Å². The number of hydrogen-bond acceptors (Lipinski definition) is 7. The van der Waals surface area contributed by atoms with Gasteiger partial charge in [0, 0.05) is 22.8 Å². The quantitative estimate of drug-likeness (QED) is 0.283. The van der Waals surface area contributed by atoms with Crippen LogP contribution in [0.5, 0.6) is 11.5 Å². The van der Waals surface area contributed by atoms with Crippen LogP contribution in [0.2, 0.25) is 0 Å². The highest BCUT2D eigenvalue weighted by Gasteiger charge is 2.19. The Morgan fingerprint density at radius 1 is 0.759 bits per heavy atom. The third kappa shape index (κ3) is 3.61. The van der Waals surface area contributed by atoms with Gasteiger partial charge in [-0.1, -0.05) is 60.7 Å². The zero-order valence-electron chi connectivity index (χ0n) is 15.3. The van der Waals surface area contributed by atoms with E-state index in [9.17, 15) is 10.2 Å². The van der Waals surface area contributed by atoms with Gasteiger partial charge in [0.05, 0.1) is 0 Å². The molecule has 4 N–H and O–H groups in total. The summed E-state index contributed by atoms with van der Waals surface area (Å²) in [6.45, 7) is 0. The molecule has 0 saturated heterocycles. The summed E-state index contributed by atoms with van der Waals surface area (Å²) in [5.74, 6) is 5.48. The number of hydrogen-bond donors (Lipinski definition) is 3. The van der Waals surface area contributed by atoms with Crippen molar-refractivity contribution in [3.05, 3.63) is 90.3 Å². The number of rotatable bonds is 4. The Morgan fingerprint density at radius 3 is 1.97 bits per heavy atom.